The van der Waals surface area contributed by atoms with Crippen molar-refractivity contribution >= 4 is 5.97 Å². The molecule has 5 heteroatoms. The van der Waals surface area contributed by atoms with E-state index in [1.54, 1.807) is 6.92 Å². The first-order chi connectivity index (χ1) is 5.13. The van der Waals surface area contributed by atoms with Crippen molar-refractivity contribution in [1.82, 2.24) is 0 Å². The maximum absolute atomic E-state index is 10.8. The van der Waals surface area contributed by atoms with Gasteiger partial charge < -0.3 is 9.84 Å². The van der Waals surface area contributed by atoms with Gasteiger partial charge in [0.1, 0.15) is 5.76 Å². The zero-order valence-corrected chi connectivity index (χ0v) is 6.42. The zero-order chi connectivity index (χ0) is 8.85. The Morgan fingerprint density at radius 3 is 2.55 bits per heavy atom. The minimum absolute atomic E-state index is 0.200. The molecule has 0 unspecified atom stereocenters. The summed E-state index contributed by atoms with van der Waals surface area (Å²) in [6.45, 7) is 3.10. The Bertz CT molecular complexity index is 194. The van der Waals surface area contributed by atoms with E-state index in [0.29, 0.717) is 0 Å². The SMILES string of the molecule is CCOC(=O)/C(N=N)=C(/C)O. The molecule has 0 aromatic carbocycles. The van der Waals surface area contributed by atoms with Gasteiger partial charge in [0.15, 0.2) is 0 Å². The lowest BCUT2D eigenvalue weighted by atomic mass is 10.4. The Labute approximate surface area is 64.2 Å². The van der Waals surface area contributed by atoms with Crippen molar-refractivity contribution in [2.75, 3.05) is 6.61 Å². The third-order valence-corrected chi connectivity index (χ3v) is 0.923. The van der Waals surface area contributed by atoms with Gasteiger partial charge in [0.25, 0.3) is 0 Å². The third-order valence-electron chi connectivity index (χ3n) is 0.923. The minimum Gasteiger partial charge on any atom is -0.510 e. The number of carbonyl (C=O) groups is 1. The fourth-order valence-electron chi connectivity index (χ4n) is 0.474. The number of esters is 1. The Morgan fingerprint density at radius 1 is 1.73 bits per heavy atom. The predicted molar refractivity (Wildman–Crippen MR) is 37.1 cm³/mol. The van der Waals surface area contributed by atoms with E-state index in [4.69, 9.17) is 10.6 Å². The van der Waals surface area contributed by atoms with Gasteiger partial charge in [-0.05, 0) is 13.8 Å². The van der Waals surface area contributed by atoms with E-state index in [1.165, 1.54) is 6.92 Å². The number of aliphatic hydroxyl groups excluding tert-OH is 1. The number of nitrogens with one attached hydrogen (secondary N) is 1. The summed E-state index contributed by atoms with van der Waals surface area (Å²) in [5, 5.41) is 11.6. The maximum Gasteiger partial charge on any atom is 0.362 e. The number of ether oxygens (including phenoxy) is 1. The van der Waals surface area contributed by atoms with Crippen molar-refractivity contribution in [3.8, 4) is 0 Å². The summed E-state index contributed by atoms with van der Waals surface area (Å²) in [6.07, 6.45) is 0. The van der Waals surface area contributed by atoms with Crippen molar-refractivity contribution in [1.29, 1.82) is 5.53 Å². The highest BCUT2D eigenvalue weighted by molar-refractivity contribution is 5.88. The zero-order valence-electron chi connectivity index (χ0n) is 6.42. The molecule has 0 rings (SSSR count). The Balaban J connectivity index is 4.40. The number of hydrogen-bond donors (Lipinski definition) is 2. The molecule has 5 nitrogen and oxygen atoms in total. The minimum atomic E-state index is -0.775. The second-order valence-corrected chi connectivity index (χ2v) is 1.77. The Hall–Kier alpha value is -1.39. The molecule has 0 fully saturated rings. The number of carbonyl (C=O) groups excluding carboxylic acids is 1. The van der Waals surface area contributed by atoms with E-state index in [9.17, 15) is 4.79 Å². The highest BCUT2D eigenvalue weighted by Crippen LogP contribution is 2.04. The second-order valence-electron chi connectivity index (χ2n) is 1.77. The second kappa shape index (κ2) is 4.43. The summed E-state index contributed by atoms with van der Waals surface area (Å²) in [5.74, 6) is -1.08. The van der Waals surface area contributed by atoms with Gasteiger partial charge >= 0.3 is 5.97 Å². The number of allylic oxidation sites excluding steroid dienone is 1. The van der Waals surface area contributed by atoms with Gasteiger partial charge in [0.05, 0.1) is 6.61 Å². The van der Waals surface area contributed by atoms with E-state index >= 15 is 0 Å². The molecule has 0 amide bonds. The summed E-state index contributed by atoms with van der Waals surface area (Å²) >= 11 is 0. The smallest absolute Gasteiger partial charge is 0.362 e. The van der Waals surface area contributed by atoms with Crippen LogP contribution >= 0.6 is 0 Å². The fourth-order valence-corrected chi connectivity index (χ4v) is 0.474. The largest absolute Gasteiger partial charge is 0.510 e. The van der Waals surface area contributed by atoms with Crippen LogP contribution in [-0.2, 0) is 9.53 Å². The van der Waals surface area contributed by atoms with Crippen LogP contribution in [0.4, 0.5) is 0 Å². The third kappa shape index (κ3) is 2.79. The fraction of sp³-hybridized carbons (Fsp3) is 0.500. The van der Waals surface area contributed by atoms with Gasteiger partial charge in [-0.25, -0.2) is 10.3 Å². The van der Waals surface area contributed by atoms with Crippen LogP contribution < -0.4 is 0 Å². The average molecular weight is 158 g/mol. The molecule has 2 N–H and O–H groups in total. The van der Waals surface area contributed by atoms with E-state index in [1.807, 2.05) is 0 Å². The molecule has 0 saturated carbocycles. The van der Waals surface area contributed by atoms with Crippen LogP contribution in [0.2, 0.25) is 0 Å². The van der Waals surface area contributed by atoms with E-state index in [0.717, 1.165) is 0 Å². The van der Waals surface area contributed by atoms with Crippen LogP contribution in [-0.4, -0.2) is 17.7 Å². The van der Waals surface area contributed by atoms with Crippen LogP contribution in [0.3, 0.4) is 0 Å². The standard InChI is InChI=1S/C6H10N2O3/c1-3-11-6(10)5(8-7)4(2)9/h7,9H,3H2,1-2H3/b5-4+,8-7?. The summed E-state index contributed by atoms with van der Waals surface area (Å²) in [7, 11) is 0. The van der Waals surface area contributed by atoms with E-state index in [2.05, 4.69) is 9.85 Å². The molecule has 0 saturated heterocycles. The van der Waals surface area contributed by atoms with Gasteiger partial charge in [0, 0.05) is 0 Å². The monoisotopic (exact) mass is 158 g/mol. The highest BCUT2D eigenvalue weighted by atomic mass is 16.5. The van der Waals surface area contributed by atoms with Crippen molar-refractivity contribution in [2.24, 2.45) is 5.11 Å². The highest BCUT2D eigenvalue weighted by Gasteiger charge is 2.12. The molecular formula is C6H10N2O3. The van der Waals surface area contributed by atoms with Gasteiger partial charge in [-0.1, -0.05) is 0 Å². The predicted octanol–water partition coefficient (Wildman–Crippen LogP) is 1.37. The summed E-state index contributed by atoms with van der Waals surface area (Å²) < 4.78 is 4.49. The van der Waals surface area contributed by atoms with Crippen LogP contribution in [0.1, 0.15) is 13.8 Å². The molecule has 0 aliphatic rings. The molecule has 0 atom stereocenters. The Kier molecular flexibility index (Phi) is 3.87. The summed E-state index contributed by atoms with van der Waals surface area (Å²) in [6, 6.07) is 0. The van der Waals surface area contributed by atoms with Crippen molar-refractivity contribution in [2.45, 2.75) is 13.8 Å². The van der Waals surface area contributed by atoms with Crippen molar-refractivity contribution < 1.29 is 14.6 Å². The molecule has 0 aromatic rings. The van der Waals surface area contributed by atoms with Crippen molar-refractivity contribution in [3.05, 3.63) is 11.5 Å². The molecule has 0 aliphatic carbocycles. The quantitative estimate of drug-likeness (QED) is 0.281. The molecule has 0 heterocycles. The molecule has 0 radical (unpaired) electrons. The molecule has 0 aromatic heterocycles. The normalized spacial score (nSPS) is 11.8. The lowest BCUT2D eigenvalue weighted by Gasteiger charge is -2.00. The van der Waals surface area contributed by atoms with E-state index in [-0.39, 0.29) is 18.1 Å². The Morgan fingerprint density at radius 2 is 2.27 bits per heavy atom. The first-order valence-corrected chi connectivity index (χ1v) is 3.07. The number of rotatable bonds is 3. The van der Waals surface area contributed by atoms with Gasteiger partial charge in [0.2, 0.25) is 5.70 Å². The molecule has 0 spiro atoms. The molecular weight excluding hydrogens is 148 g/mol. The summed E-state index contributed by atoms with van der Waals surface area (Å²) in [4.78, 5) is 10.8. The first kappa shape index (κ1) is 9.61. The lowest BCUT2D eigenvalue weighted by Crippen LogP contribution is -2.07. The van der Waals surface area contributed by atoms with E-state index < -0.39 is 5.97 Å². The van der Waals surface area contributed by atoms with Crippen LogP contribution in [0.5, 0.6) is 0 Å². The first-order valence-electron chi connectivity index (χ1n) is 3.07. The number of aliphatic hydroxyl groups is 1. The van der Waals surface area contributed by atoms with Crippen LogP contribution in [0, 0.1) is 5.53 Å². The van der Waals surface area contributed by atoms with Gasteiger partial charge in [-0.2, -0.15) is 0 Å². The maximum atomic E-state index is 10.8. The van der Waals surface area contributed by atoms with Crippen molar-refractivity contribution in [3.63, 3.8) is 0 Å². The molecule has 62 valence electrons. The van der Waals surface area contributed by atoms with Gasteiger partial charge in [-0.3, -0.25) is 0 Å². The molecule has 11 heavy (non-hydrogen) atoms. The number of hydrogen-bond acceptors (Lipinski definition) is 5. The topological polar surface area (TPSA) is 82.7 Å². The average Bonchev–Trinajstić information content (AvgIpc) is 1.88. The summed E-state index contributed by atoms with van der Waals surface area (Å²) in [5.41, 5.74) is 6.15. The van der Waals surface area contributed by atoms with Gasteiger partial charge in [-0.15, -0.1) is 5.11 Å². The molecule has 0 aliphatic heterocycles. The number of nitrogens with zero attached hydrogens (tertiary/aromatic N) is 1. The molecule has 0 bridgehead atoms. The van der Waals surface area contributed by atoms with Crippen LogP contribution in [0.15, 0.2) is 16.6 Å². The van der Waals surface area contributed by atoms with Crippen LogP contribution in [0.25, 0.3) is 0 Å². The lowest BCUT2D eigenvalue weighted by molar-refractivity contribution is -0.138.